The lowest BCUT2D eigenvalue weighted by molar-refractivity contribution is 0.551. The van der Waals surface area contributed by atoms with Crippen LogP contribution in [0.25, 0.3) is 0 Å². The van der Waals surface area contributed by atoms with Crippen LogP contribution in [-0.2, 0) is 6.42 Å². The molecule has 0 aliphatic carbocycles. The third-order valence-electron chi connectivity index (χ3n) is 2.64. The third-order valence-corrected chi connectivity index (χ3v) is 5.18. The minimum absolute atomic E-state index is 0.486. The minimum atomic E-state index is 0.486. The average molecular weight is 363 g/mol. The van der Waals surface area contributed by atoms with E-state index in [1.54, 1.807) is 11.3 Å². The normalized spacial score (nSPS) is 12.9. The topological polar surface area (TPSA) is 12.0 Å². The van der Waals surface area contributed by atoms with Gasteiger partial charge in [0.1, 0.15) is 0 Å². The van der Waals surface area contributed by atoms with Gasteiger partial charge in [0.05, 0.1) is 2.88 Å². The summed E-state index contributed by atoms with van der Waals surface area (Å²) in [6.45, 7) is 0. The lowest BCUT2D eigenvalue weighted by atomic mass is 10.0. The van der Waals surface area contributed by atoms with E-state index in [9.17, 15) is 0 Å². The molecule has 1 unspecified atom stereocenters. The molecule has 2 aromatic rings. The lowest BCUT2D eigenvalue weighted by Crippen LogP contribution is -2.16. The lowest BCUT2D eigenvalue weighted by Gasteiger charge is -2.14. The van der Waals surface area contributed by atoms with Gasteiger partial charge in [-0.2, -0.15) is 11.3 Å². The fourth-order valence-corrected chi connectivity index (χ4v) is 3.86. The molecule has 0 saturated heterocycles. The smallest absolute Gasteiger partial charge is 0.0656 e. The summed E-state index contributed by atoms with van der Waals surface area (Å²) in [5.74, 6) is 0. The van der Waals surface area contributed by atoms with Gasteiger partial charge < -0.3 is 5.32 Å². The van der Waals surface area contributed by atoms with E-state index in [-0.39, 0.29) is 0 Å². The Hall–Kier alpha value is 0.0900. The molecule has 0 radical (unpaired) electrons. The van der Waals surface area contributed by atoms with E-state index in [1.807, 2.05) is 18.4 Å². The molecule has 0 aliphatic rings. The summed E-state index contributed by atoms with van der Waals surface area (Å²) in [6.07, 6.45) is 2.32. The van der Waals surface area contributed by atoms with Gasteiger partial charge in [-0.25, -0.2) is 0 Å². The van der Waals surface area contributed by atoms with Gasteiger partial charge in [0.2, 0.25) is 0 Å². The van der Waals surface area contributed by atoms with Crippen molar-refractivity contribution >= 4 is 45.3 Å². The van der Waals surface area contributed by atoms with Crippen molar-refractivity contribution < 1.29 is 0 Å². The largest absolute Gasteiger partial charge is 0.313 e. The zero-order valence-corrected chi connectivity index (χ0v) is 12.9. The van der Waals surface area contributed by atoms with Crippen molar-refractivity contribution in [3.8, 4) is 0 Å². The van der Waals surface area contributed by atoms with E-state index in [1.165, 1.54) is 20.4 Å². The summed E-state index contributed by atoms with van der Waals surface area (Å²) in [5, 5.41) is 10.1. The van der Waals surface area contributed by atoms with E-state index in [0.29, 0.717) is 6.04 Å². The van der Waals surface area contributed by atoms with Crippen molar-refractivity contribution in [2.45, 2.75) is 18.9 Å². The molecule has 0 amide bonds. The number of halogens is 1. The molecule has 0 spiro atoms. The fraction of sp³-hybridized carbons (Fsp3) is 0.333. The molecule has 2 aromatic heterocycles. The average Bonchev–Trinajstić information content (AvgIpc) is 2.91. The van der Waals surface area contributed by atoms with Gasteiger partial charge in [-0.05, 0) is 81.9 Å². The second-order valence-electron chi connectivity index (χ2n) is 3.70. The molecule has 2 heterocycles. The van der Waals surface area contributed by atoms with E-state index < -0.39 is 0 Å². The van der Waals surface area contributed by atoms with Crippen LogP contribution in [0.5, 0.6) is 0 Å². The summed E-state index contributed by atoms with van der Waals surface area (Å²) in [4.78, 5) is 0. The molecule has 0 aromatic carbocycles. The highest BCUT2D eigenvalue weighted by Gasteiger charge is 2.10. The third kappa shape index (κ3) is 3.29. The number of rotatable bonds is 5. The van der Waals surface area contributed by atoms with E-state index in [2.05, 4.69) is 56.2 Å². The van der Waals surface area contributed by atoms with E-state index in [0.717, 1.165) is 6.42 Å². The van der Waals surface area contributed by atoms with Crippen molar-refractivity contribution in [3.05, 3.63) is 42.3 Å². The Morgan fingerprint density at radius 2 is 2.31 bits per heavy atom. The van der Waals surface area contributed by atoms with Crippen LogP contribution in [0.1, 0.15) is 23.6 Å². The van der Waals surface area contributed by atoms with Crippen LogP contribution in [0.15, 0.2) is 28.3 Å². The molecule has 86 valence electrons. The monoisotopic (exact) mass is 363 g/mol. The first-order valence-electron chi connectivity index (χ1n) is 5.22. The van der Waals surface area contributed by atoms with Gasteiger partial charge in [-0.3, -0.25) is 0 Å². The second-order valence-corrected chi connectivity index (χ2v) is 7.28. The maximum atomic E-state index is 3.40. The SMILES string of the molecule is CNC(CCc1ccsc1)c1csc(I)c1. The molecule has 1 N–H and O–H groups in total. The molecule has 4 heteroatoms. The van der Waals surface area contributed by atoms with Gasteiger partial charge in [0.25, 0.3) is 0 Å². The first-order valence-corrected chi connectivity index (χ1v) is 8.12. The van der Waals surface area contributed by atoms with Gasteiger partial charge in [-0.15, -0.1) is 11.3 Å². The minimum Gasteiger partial charge on any atom is -0.313 e. The Bertz CT molecular complexity index is 422. The highest BCUT2D eigenvalue weighted by molar-refractivity contribution is 14.1. The van der Waals surface area contributed by atoms with Crippen molar-refractivity contribution in [3.63, 3.8) is 0 Å². The van der Waals surface area contributed by atoms with Crippen LogP contribution < -0.4 is 5.32 Å². The predicted molar refractivity (Wildman–Crippen MR) is 81.5 cm³/mol. The highest BCUT2D eigenvalue weighted by Crippen LogP contribution is 2.25. The Labute approximate surface area is 118 Å². The Kier molecular flexibility index (Phi) is 4.81. The Balaban J connectivity index is 1.96. The van der Waals surface area contributed by atoms with Crippen LogP contribution in [0, 0.1) is 2.88 Å². The van der Waals surface area contributed by atoms with Gasteiger partial charge in [0.15, 0.2) is 0 Å². The zero-order valence-electron chi connectivity index (χ0n) is 9.07. The molecule has 2 rings (SSSR count). The van der Waals surface area contributed by atoms with Gasteiger partial charge in [-0.1, -0.05) is 0 Å². The molecular formula is C12H14INS2. The molecule has 0 saturated carbocycles. The molecular weight excluding hydrogens is 349 g/mol. The number of nitrogens with one attached hydrogen (secondary N) is 1. The number of hydrogen-bond acceptors (Lipinski definition) is 3. The van der Waals surface area contributed by atoms with Crippen molar-refractivity contribution in [1.29, 1.82) is 0 Å². The fourth-order valence-electron chi connectivity index (χ4n) is 1.73. The molecule has 0 fully saturated rings. The zero-order chi connectivity index (χ0) is 11.4. The van der Waals surface area contributed by atoms with E-state index in [4.69, 9.17) is 0 Å². The molecule has 1 atom stereocenters. The first kappa shape index (κ1) is 12.5. The van der Waals surface area contributed by atoms with Crippen LogP contribution in [0.4, 0.5) is 0 Å². The van der Waals surface area contributed by atoms with E-state index >= 15 is 0 Å². The van der Waals surface area contributed by atoms with Crippen LogP contribution in [0.2, 0.25) is 0 Å². The number of hydrogen-bond donors (Lipinski definition) is 1. The molecule has 16 heavy (non-hydrogen) atoms. The summed E-state index contributed by atoms with van der Waals surface area (Å²) >= 11 is 5.98. The summed E-state index contributed by atoms with van der Waals surface area (Å²) < 4.78 is 1.36. The quantitative estimate of drug-likeness (QED) is 0.781. The summed E-state index contributed by atoms with van der Waals surface area (Å²) in [6, 6.07) is 4.98. The molecule has 1 nitrogen and oxygen atoms in total. The maximum Gasteiger partial charge on any atom is 0.0656 e. The summed E-state index contributed by atoms with van der Waals surface area (Å²) in [5.41, 5.74) is 2.88. The highest BCUT2D eigenvalue weighted by atomic mass is 127. The number of thiophene rings is 2. The van der Waals surface area contributed by atoms with Crippen LogP contribution in [0.3, 0.4) is 0 Å². The molecule has 0 bridgehead atoms. The molecule has 0 aliphatic heterocycles. The maximum absolute atomic E-state index is 3.40. The number of aryl methyl sites for hydroxylation is 1. The summed E-state index contributed by atoms with van der Waals surface area (Å²) in [7, 11) is 2.04. The Morgan fingerprint density at radius 1 is 1.44 bits per heavy atom. The Morgan fingerprint density at radius 3 is 2.88 bits per heavy atom. The predicted octanol–water partition coefficient (Wildman–Crippen LogP) is 4.31. The van der Waals surface area contributed by atoms with Crippen LogP contribution in [-0.4, -0.2) is 7.05 Å². The van der Waals surface area contributed by atoms with Gasteiger partial charge >= 0.3 is 0 Å². The van der Waals surface area contributed by atoms with Crippen molar-refractivity contribution in [1.82, 2.24) is 5.32 Å². The van der Waals surface area contributed by atoms with Crippen LogP contribution >= 0.6 is 45.3 Å². The second kappa shape index (κ2) is 6.14. The van der Waals surface area contributed by atoms with Crippen molar-refractivity contribution in [2.24, 2.45) is 0 Å². The van der Waals surface area contributed by atoms with Gasteiger partial charge in [0, 0.05) is 6.04 Å². The van der Waals surface area contributed by atoms with Crippen molar-refractivity contribution in [2.75, 3.05) is 7.05 Å². The first-order chi connectivity index (χ1) is 7.79. The standard InChI is InChI=1S/C12H14INS2/c1-14-11(10-6-12(13)16-8-10)3-2-9-4-5-15-7-9/h4-8,11,14H,2-3H2,1H3.